The van der Waals surface area contributed by atoms with Crippen LogP contribution in [0.25, 0.3) is 0 Å². The van der Waals surface area contributed by atoms with Crippen molar-refractivity contribution in [1.29, 1.82) is 0 Å². The van der Waals surface area contributed by atoms with E-state index in [1.807, 2.05) is 0 Å². The van der Waals surface area contributed by atoms with E-state index in [1.54, 1.807) is 6.20 Å². The van der Waals surface area contributed by atoms with Crippen LogP contribution in [-0.4, -0.2) is 11.5 Å². The van der Waals surface area contributed by atoms with Crippen LogP contribution >= 0.6 is 0 Å². The standard InChI is InChI=1S/C11H17FN2/c1-11(2,3)8-14-6-9-4-10(12)7-13-5-9/h4-5,7,14H,6,8H2,1-3H3. The fraction of sp³-hybridized carbons (Fsp3) is 0.545. The van der Waals surface area contributed by atoms with Crippen molar-refractivity contribution in [3.63, 3.8) is 0 Å². The molecule has 0 aromatic carbocycles. The minimum atomic E-state index is -0.278. The maximum absolute atomic E-state index is 12.7. The van der Waals surface area contributed by atoms with Crippen LogP contribution < -0.4 is 5.32 Å². The maximum atomic E-state index is 12.7. The van der Waals surface area contributed by atoms with Crippen molar-refractivity contribution in [2.45, 2.75) is 27.3 Å². The second-order valence-corrected chi connectivity index (χ2v) is 4.68. The highest BCUT2D eigenvalue weighted by atomic mass is 19.1. The number of rotatable bonds is 3. The molecule has 0 spiro atoms. The summed E-state index contributed by atoms with van der Waals surface area (Å²) in [6, 6.07) is 1.50. The van der Waals surface area contributed by atoms with Gasteiger partial charge in [-0.15, -0.1) is 0 Å². The summed E-state index contributed by atoms with van der Waals surface area (Å²) in [6.07, 6.45) is 2.89. The summed E-state index contributed by atoms with van der Waals surface area (Å²) >= 11 is 0. The predicted octanol–water partition coefficient (Wildman–Crippen LogP) is 2.36. The van der Waals surface area contributed by atoms with Crippen LogP contribution in [0.15, 0.2) is 18.5 Å². The number of halogens is 1. The monoisotopic (exact) mass is 196 g/mol. The van der Waals surface area contributed by atoms with Gasteiger partial charge >= 0.3 is 0 Å². The van der Waals surface area contributed by atoms with Gasteiger partial charge in [-0.3, -0.25) is 4.98 Å². The van der Waals surface area contributed by atoms with Crippen molar-refractivity contribution in [1.82, 2.24) is 10.3 Å². The van der Waals surface area contributed by atoms with Gasteiger partial charge in [-0.25, -0.2) is 4.39 Å². The Hall–Kier alpha value is -0.960. The molecule has 1 aromatic rings. The summed E-state index contributed by atoms with van der Waals surface area (Å²) in [5.41, 5.74) is 1.13. The molecular weight excluding hydrogens is 179 g/mol. The highest BCUT2D eigenvalue weighted by Gasteiger charge is 2.08. The lowest BCUT2D eigenvalue weighted by Gasteiger charge is -2.18. The van der Waals surface area contributed by atoms with Crippen molar-refractivity contribution >= 4 is 0 Å². The Morgan fingerprint density at radius 3 is 2.64 bits per heavy atom. The first-order chi connectivity index (χ1) is 6.47. The first-order valence-electron chi connectivity index (χ1n) is 4.77. The van der Waals surface area contributed by atoms with Crippen LogP contribution in [0.2, 0.25) is 0 Å². The molecule has 1 heterocycles. The molecule has 78 valence electrons. The van der Waals surface area contributed by atoms with E-state index in [9.17, 15) is 4.39 Å². The highest BCUT2D eigenvalue weighted by Crippen LogP contribution is 2.10. The quantitative estimate of drug-likeness (QED) is 0.802. The van der Waals surface area contributed by atoms with Gasteiger partial charge in [-0.2, -0.15) is 0 Å². The third-order valence-corrected chi connectivity index (χ3v) is 1.75. The van der Waals surface area contributed by atoms with Gasteiger partial charge < -0.3 is 5.32 Å². The average molecular weight is 196 g/mol. The number of nitrogens with one attached hydrogen (secondary N) is 1. The molecule has 1 rings (SSSR count). The Bertz CT molecular complexity index is 292. The van der Waals surface area contributed by atoms with Crippen LogP contribution in [0.1, 0.15) is 26.3 Å². The molecule has 0 radical (unpaired) electrons. The molecule has 0 aliphatic rings. The van der Waals surface area contributed by atoms with Crippen LogP contribution in [0.4, 0.5) is 4.39 Å². The number of hydrogen-bond donors (Lipinski definition) is 1. The van der Waals surface area contributed by atoms with Gasteiger partial charge in [-0.05, 0) is 17.0 Å². The lowest BCUT2D eigenvalue weighted by molar-refractivity contribution is 0.379. The molecule has 0 atom stereocenters. The number of pyridine rings is 1. The summed E-state index contributed by atoms with van der Waals surface area (Å²) in [7, 11) is 0. The van der Waals surface area contributed by atoms with Crippen molar-refractivity contribution < 1.29 is 4.39 Å². The maximum Gasteiger partial charge on any atom is 0.141 e. The molecule has 0 saturated carbocycles. The normalized spacial score (nSPS) is 11.7. The molecule has 0 aliphatic carbocycles. The molecule has 0 aliphatic heterocycles. The fourth-order valence-corrected chi connectivity index (χ4v) is 1.13. The molecule has 3 heteroatoms. The minimum absolute atomic E-state index is 0.251. The molecule has 1 aromatic heterocycles. The first kappa shape index (κ1) is 11.1. The van der Waals surface area contributed by atoms with Gasteiger partial charge in [0.25, 0.3) is 0 Å². The molecule has 0 fully saturated rings. The molecule has 0 unspecified atom stereocenters. The summed E-state index contributed by atoms with van der Waals surface area (Å²) < 4.78 is 12.7. The zero-order chi connectivity index (χ0) is 10.6. The summed E-state index contributed by atoms with van der Waals surface area (Å²) in [5, 5.41) is 3.26. The second kappa shape index (κ2) is 4.51. The average Bonchev–Trinajstić information content (AvgIpc) is 2.01. The van der Waals surface area contributed by atoms with Gasteiger partial charge in [0.1, 0.15) is 5.82 Å². The van der Waals surface area contributed by atoms with Crippen molar-refractivity contribution in [2.24, 2.45) is 5.41 Å². The Morgan fingerprint density at radius 2 is 2.07 bits per heavy atom. The Balaban J connectivity index is 2.39. The van der Waals surface area contributed by atoms with E-state index in [0.29, 0.717) is 6.54 Å². The van der Waals surface area contributed by atoms with E-state index >= 15 is 0 Å². The van der Waals surface area contributed by atoms with E-state index < -0.39 is 0 Å². The molecule has 0 saturated heterocycles. The Kier molecular flexibility index (Phi) is 3.58. The zero-order valence-electron chi connectivity index (χ0n) is 8.97. The summed E-state index contributed by atoms with van der Waals surface area (Å²) in [6.45, 7) is 8.04. The van der Waals surface area contributed by atoms with Crippen LogP contribution in [0.5, 0.6) is 0 Å². The van der Waals surface area contributed by atoms with Crippen LogP contribution in [-0.2, 0) is 6.54 Å². The van der Waals surface area contributed by atoms with Crippen molar-refractivity contribution in [2.75, 3.05) is 6.54 Å². The fourth-order valence-electron chi connectivity index (χ4n) is 1.13. The summed E-state index contributed by atoms with van der Waals surface area (Å²) in [5.74, 6) is -0.278. The third kappa shape index (κ3) is 4.33. The zero-order valence-corrected chi connectivity index (χ0v) is 8.97. The van der Waals surface area contributed by atoms with Crippen LogP contribution in [0, 0.1) is 11.2 Å². The van der Waals surface area contributed by atoms with Gasteiger partial charge in [0.15, 0.2) is 0 Å². The van der Waals surface area contributed by atoms with Crippen molar-refractivity contribution in [3.8, 4) is 0 Å². The van der Waals surface area contributed by atoms with Gasteiger partial charge in [0.05, 0.1) is 6.20 Å². The number of hydrogen-bond acceptors (Lipinski definition) is 2. The Labute approximate surface area is 84.6 Å². The van der Waals surface area contributed by atoms with Gasteiger partial charge in [-0.1, -0.05) is 20.8 Å². The van der Waals surface area contributed by atoms with Gasteiger partial charge in [0.2, 0.25) is 0 Å². The third-order valence-electron chi connectivity index (χ3n) is 1.75. The summed E-state index contributed by atoms with van der Waals surface area (Å²) in [4.78, 5) is 3.78. The molecular formula is C11H17FN2. The molecule has 1 N–H and O–H groups in total. The number of aromatic nitrogens is 1. The molecule has 0 bridgehead atoms. The smallest absolute Gasteiger partial charge is 0.141 e. The highest BCUT2D eigenvalue weighted by molar-refractivity contribution is 5.09. The molecule has 0 amide bonds. The van der Waals surface area contributed by atoms with E-state index in [0.717, 1.165) is 12.1 Å². The SMILES string of the molecule is CC(C)(C)CNCc1cncc(F)c1. The topological polar surface area (TPSA) is 24.9 Å². The van der Waals surface area contributed by atoms with Crippen LogP contribution in [0.3, 0.4) is 0 Å². The lowest BCUT2D eigenvalue weighted by atomic mass is 9.97. The lowest BCUT2D eigenvalue weighted by Crippen LogP contribution is -2.26. The Morgan fingerprint density at radius 1 is 1.36 bits per heavy atom. The predicted molar refractivity (Wildman–Crippen MR) is 55.4 cm³/mol. The van der Waals surface area contributed by atoms with Crippen molar-refractivity contribution in [3.05, 3.63) is 29.8 Å². The largest absolute Gasteiger partial charge is 0.312 e. The molecule has 2 nitrogen and oxygen atoms in total. The van der Waals surface area contributed by atoms with E-state index in [2.05, 4.69) is 31.1 Å². The van der Waals surface area contributed by atoms with E-state index in [-0.39, 0.29) is 11.2 Å². The van der Waals surface area contributed by atoms with E-state index in [4.69, 9.17) is 0 Å². The first-order valence-corrected chi connectivity index (χ1v) is 4.77. The van der Waals surface area contributed by atoms with E-state index in [1.165, 1.54) is 12.3 Å². The minimum Gasteiger partial charge on any atom is -0.312 e. The molecule has 14 heavy (non-hydrogen) atoms. The number of nitrogens with zero attached hydrogens (tertiary/aromatic N) is 1. The second-order valence-electron chi connectivity index (χ2n) is 4.68. The van der Waals surface area contributed by atoms with Gasteiger partial charge in [0, 0.05) is 19.3 Å².